The summed E-state index contributed by atoms with van der Waals surface area (Å²) in [6, 6.07) is 14.3. The molecule has 0 aliphatic heterocycles. The third kappa shape index (κ3) is 7.48. The van der Waals surface area contributed by atoms with Gasteiger partial charge in [-0.3, -0.25) is 4.79 Å². The molecule has 35 heavy (non-hydrogen) atoms. The van der Waals surface area contributed by atoms with E-state index in [0.29, 0.717) is 23.4 Å². The Hall–Kier alpha value is -3.53. The zero-order valence-electron chi connectivity index (χ0n) is 19.2. The Labute approximate surface area is 199 Å². The molecule has 3 rings (SSSR count). The Bertz CT molecular complexity index is 1180. The molecular weight excluding hydrogens is 466 g/mol. The number of para-hydroxylation sites is 1. The average molecular weight is 491 g/mol. The van der Waals surface area contributed by atoms with Crippen LogP contribution in [-0.2, 0) is 20.9 Å². The van der Waals surface area contributed by atoms with Gasteiger partial charge in [-0.25, -0.2) is 9.07 Å². The topological polar surface area (TPSA) is 73.2 Å². The maximum absolute atomic E-state index is 14.4. The number of hydrogen-bond donors (Lipinski definition) is 1. The van der Waals surface area contributed by atoms with E-state index in [0.717, 1.165) is 6.07 Å². The largest absolute Gasteiger partial charge is 0.411 e. The highest BCUT2D eigenvalue weighted by atomic mass is 19.4. The lowest BCUT2D eigenvalue weighted by molar-refractivity contribution is -0.176. The molecule has 1 heterocycles. The number of benzene rings is 2. The highest BCUT2D eigenvalue weighted by molar-refractivity contribution is 5.95. The van der Waals surface area contributed by atoms with Crippen LogP contribution in [0.2, 0.25) is 0 Å². The van der Waals surface area contributed by atoms with E-state index in [1.54, 1.807) is 43.3 Å². The van der Waals surface area contributed by atoms with Gasteiger partial charge in [0.25, 0.3) is 0 Å². The Kier molecular flexibility index (Phi) is 8.39. The normalized spacial score (nSPS) is 12.4. The fraction of sp³-hybridized carbons (Fsp3) is 0.320. The minimum absolute atomic E-state index is 0.0970. The maximum atomic E-state index is 14.4. The zero-order valence-corrected chi connectivity index (χ0v) is 19.2. The number of hydrogen-bond acceptors (Lipinski definition) is 4. The van der Waals surface area contributed by atoms with Gasteiger partial charge in [0, 0.05) is 24.0 Å². The van der Waals surface area contributed by atoms with E-state index in [-0.39, 0.29) is 29.5 Å². The summed E-state index contributed by atoms with van der Waals surface area (Å²) in [6.45, 7) is 1.33. The Morgan fingerprint density at radius 3 is 2.46 bits per heavy atom. The van der Waals surface area contributed by atoms with Gasteiger partial charge in [-0.15, -0.1) is 5.10 Å². The van der Waals surface area contributed by atoms with Crippen molar-refractivity contribution in [3.63, 3.8) is 0 Å². The number of anilines is 1. The Morgan fingerprint density at radius 2 is 1.83 bits per heavy atom. The van der Waals surface area contributed by atoms with Crippen molar-refractivity contribution in [3.8, 4) is 16.9 Å². The number of ether oxygens (including phenoxy) is 1. The van der Waals surface area contributed by atoms with Gasteiger partial charge in [0.05, 0.1) is 18.0 Å². The first-order valence-corrected chi connectivity index (χ1v) is 11.0. The lowest BCUT2D eigenvalue weighted by Gasteiger charge is -2.11. The summed E-state index contributed by atoms with van der Waals surface area (Å²) >= 11 is 0. The highest BCUT2D eigenvalue weighted by Gasteiger charge is 2.27. The van der Waals surface area contributed by atoms with Crippen molar-refractivity contribution in [2.45, 2.75) is 39.5 Å². The summed E-state index contributed by atoms with van der Waals surface area (Å²) in [5.41, 5.74) is 1.58. The fourth-order valence-electron chi connectivity index (χ4n) is 3.58. The number of halogens is 4. The van der Waals surface area contributed by atoms with Crippen LogP contribution in [0, 0.1) is 11.7 Å². The molecule has 1 amide bonds. The monoisotopic (exact) mass is 491 g/mol. The lowest BCUT2D eigenvalue weighted by atomic mass is 9.99. The first-order valence-electron chi connectivity index (χ1n) is 11.0. The number of Topliss-reactive ketones (excluding diaryl/α,β-unsaturated/α-hetero) is 1. The molecule has 10 heteroatoms. The van der Waals surface area contributed by atoms with E-state index in [4.69, 9.17) is 0 Å². The molecule has 1 N–H and O–H groups in total. The molecule has 1 atom stereocenters. The van der Waals surface area contributed by atoms with E-state index < -0.39 is 31.1 Å². The summed E-state index contributed by atoms with van der Waals surface area (Å²) < 4.78 is 57.8. The van der Waals surface area contributed by atoms with Gasteiger partial charge >= 0.3 is 6.18 Å². The van der Waals surface area contributed by atoms with Crippen molar-refractivity contribution in [2.75, 3.05) is 11.9 Å². The third-order valence-corrected chi connectivity index (χ3v) is 5.15. The van der Waals surface area contributed by atoms with Crippen molar-refractivity contribution in [3.05, 3.63) is 66.0 Å². The van der Waals surface area contributed by atoms with Crippen LogP contribution in [0.3, 0.4) is 0 Å². The molecule has 0 bridgehead atoms. The van der Waals surface area contributed by atoms with E-state index in [1.807, 2.05) is 0 Å². The van der Waals surface area contributed by atoms with Crippen LogP contribution in [0.1, 0.15) is 32.3 Å². The molecule has 0 radical (unpaired) electrons. The summed E-state index contributed by atoms with van der Waals surface area (Å²) in [5, 5.41) is 7.16. The SMILES string of the molecule is CC[C@H](CC(C)=O)C(=O)Nc1cc(-c2cc(F)cc(COCC(F)(F)F)c2)n(-c2ccccc2)n1. The number of aromatic nitrogens is 2. The van der Waals surface area contributed by atoms with Crippen molar-refractivity contribution in [2.24, 2.45) is 5.92 Å². The van der Waals surface area contributed by atoms with Gasteiger partial charge < -0.3 is 14.8 Å². The molecular formula is C25H25F4N3O3. The van der Waals surface area contributed by atoms with Crippen LogP contribution in [-0.4, -0.2) is 34.3 Å². The number of nitrogens with zero attached hydrogens (tertiary/aromatic N) is 2. The van der Waals surface area contributed by atoms with Crippen LogP contribution in [0.15, 0.2) is 54.6 Å². The molecule has 0 aliphatic carbocycles. The lowest BCUT2D eigenvalue weighted by Crippen LogP contribution is -2.24. The fourth-order valence-corrected chi connectivity index (χ4v) is 3.58. The molecule has 3 aromatic rings. The van der Waals surface area contributed by atoms with E-state index in [2.05, 4.69) is 15.2 Å². The van der Waals surface area contributed by atoms with Gasteiger partial charge in [0.15, 0.2) is 5.82 Å². The van der Waals surface area contributed by atoms with Crippen LogP contribution in [0.4, 0.5) is 23.4 Å². The molecule has 6 nitrogen and oxygen atoms in total. The van der Waals surface area contributed by atoms with Crippen molar-refractivity contribution < 1.29 is 31.9 Å². The average Bonchev–Trinajstić information content (AvgIpc) is 3.20. The number of rotatable bonds is 10. The summed E-state index contributed by atoms with van der Waals surface area (Å²) in [4.78, 5) is 24.2. The second-order valence-electron chi connectivity index (χ2n) is 8.12. The smallest absolute Gasteiger partial charge is 0.367 e. The zero-order chi connectivity index (χ0) is 25.6. The minimum atomic E-state index is -4.49. The molecule has 2 aromatic carbocycles. The van der Waals surface area contributed by atoms with Crippen LogP contribution >= 0.6 is 0 Å². The number of amides is 1. The van der Waals surface area contributed by atoms with E-state index >= 15 is 0 Å². The standard InChI is InChI=1S/C25H25F4N3O3/c1-3-18(9-16(2)33)24(34)30-23-13-22(32(31-23)21-7-5-4-6-8-21)19-10-17(11-20(26)12-19)14-35-15-25(27,28)29/h4-8,10-13,18H,3,9,14-15H2,1-2H3,(H,30,31,34)/t18-/m1/s1. The molecule has 0 saturated heterocycles. The van der Waals surface area contributed by atoms with Gasteiger partial charge in [0.1, 0.15) is 18.2 Å². The minimum Gasteiger partial charge on any atom is -0.367 e. The molecule has 0 fully saturated rings. The number of ketones is 1. The second-order valence-corrected chi connectivity index (χ2v) is 8.12. The van der Waals surface area contributed by atoms with Gasteiger partial charge in [-0.05, 0) is 49.2 Å². The predicted octanol–water partition coefficient (Wildman–Crippen LogP) is 5.70. The van der Waals surface area contributed by atoms with E-state index in [9.17, 15) is 27.2 Å². The number of alkyl halides is 3. The first kappa shape index (κ1) is 26.1. The van der Waals surface area contributed by atoms with E-state index in [1.165, 1.54) is 23.7 Å². The summed E-state index contributed by atoms with van der Waals surface area (Å²) in [7, 11) is 0. The molecule has 0 spiro atoms. The summed E-state index contributed by atoms with van der Waals surface area (Å²) in [6.07, 6.45) is -3.93. The van der Waals surface area contributed by atoms with Crippen LogP contribution in [0.25, 0.3) is 16.9 Å². The Morgan fingerprint density at radius 1 is 1.11 bits per heavy atom. The predicted molar refractivity (Wildman–Crippen MR) is 122 cm³/mol. The van der Waals surface area contributed by atoms with Gasteiger partial charge in [0.2, 0.25) is 5.91 Å². The van der Waals surface area contributed by atoms with Crippen molar-refractivity contribution in [1.29, 1.82) is 0 Å². The van der Waals surface area contributed by atoms with Crippen molar-refractivity contribution in [1.82, 2.24) is 9.78 Å². The summed E-state index contributed by atoms with van der Waals surface area (Å²) in [5.74, 6) is -1.47. The number of carbonyl (C=O) groups excluding carboxylic acids is 2. The molecule has 186 valence electrons. The quantitative estimate of drug-likeness (QED) is 0.369. The Balaban J connectivity index is 1.96. The van der Waals surface area contributed by atoms with Crippen molar-refractivity contribution >= 4 is 17.5 Å². The molecule has 0 unspecified atom stereocenters. The number of nitrogens with one attached hydrogen (secondary N) is 1. The molecule has 0 saturated carbocycles. The first-order chi connectivity index (χ1) is 16.6. The molecule has 1 aromatic heterocycles. The van der Waals surface area contributed by atoms with Crippen LogP contribution in [0.5, 0.6) is 0 Å². The highest BCUT2D eigenvalue weighted by Crippen LogP contribution is 2.29. The van der Waals surface area contributed by atoms with Crippen LogP contribution < -0.4 is 5.32 Å². The second kappa shape index (κ2) is 11.3. The maximum Gasteiger partial charge on any atom is 0.411 e. The number of carbonyl (C=O) groups is 2. The third-order valence-electron chi connectivity index (χ3n) is 5.15. The van der Waals surface area contributed by atoms with Gasteiger partial charge in [-0.2, -0.15) is 13.2 Å². The van der Waals surface area contributed by atoms with Gasteiger partial charge in [-0.1, -0.05) is 25.1 Å². The molecule has 0 aliphatic rings.